The minimum Gasteiger partial charge on any atom is -0.373 e. The summed E-state index contributed by atoms with van der Waals surface area (Å²) in [5.41, 5.74) is 1.94. The summed E-state index contributed by atoms with van der Waals surface area (Å²) in [6.45, 7) is 2.72. The van der Waals surface area contributed by atoms with Crippen LogP contribution >= 0.6 is 0 Å². The van der Waals surface area contributed by atoms with Crippen molar-refractivity contribution < 1.29 is 9.53 Å². The van der Waals surface area contributed by atoms with Gasteiger partial charge in [0, 0.05) is 32.5 Å². The lowest BCUT2D eigenvalue weighted by Gasteiger charge is -2.33. The molecule has 0 unspecified atom stereocenters. The Labute approximate surface area is 154 Å². The van der Waals surface area contributed by atoms with Gasteiger partial charge in [0.25, 0.3) is 0 Å². The molecule has 3 heterocycles. The molecule has 0 saturated carbocycles. The molecule has 138 valence electrons. The minimum absolute atomic E-state index is 0.106. The number of hydrogen-bond acceptors (Lipinski definition) is 6. The fraction of sp³-hybridized carbons (Fsp3) is 0.421. The highest BCUT2D eigenvalue weighted by Gasteiger charge is 2.26. The highest BCUT2D eigenvalue weighted by atomic mass is 16.5. The quantitative estimate of drug-likeness (QED) is 0.848. The maximum atomic E-state index is 12.7. The van der Waals surface area contributed by atoms with Gasteiger partial charge in [-0.3, -0.25) is 14.7 Å². The van der Waals surface area contributed by atoms with Crippen molar-refractivity contribution in [3.63, 3.8) is 0 Å². The molecule has 0 aromatic carbocycles. The summed E-state index contributed by atoms with van der Waals surface area (Å²) in [7, 11) is 3.78. The second-order valence-electron chi connectivity index (χ2n) is 6.43. The van der Waals surface area contributed by atoms with E-state index in [9.17, 15) is 4.79 Å². The van der Waals surface area contributed by atoms with Crippen LogP contribution in [-0.2, 0) is 16.1 Å². The SMILES string of the molecule is CNc1cccc([C@@H]2CN(C(=O)CN(C)Cc3cccnc3)CCO2)n1. The first kappa shape index (κ1) is 18.3. The van der Waals surface area contributed by atoms with E-state index in [-0.39, 0.29) is 12.0 Å². The van der Waals surface area contributed by atoms with E-state index in [1.54, 1.807) is 6.20 Å². The van der Waals surface area contributed by atoms with Gasteiger partial charge in [-0.15, -0.1) is 0 Å². The Morgan fingerprint density at radius 2 is 2.27 bits per heavy atom. The van der Waals surface area contributed by atoms with E-state index >= 15 is 0 Å². The highest BCUT2D eigenvalue weighted by Crippen LogP contribution is 2.22. The number of pyridine rings is 2. The fourth-order valence-corrected chi connectivity index (χ4v) is 3.01. The van der Waals surface area contributed by atoms with Gasteiger partial charge in [0.1, 0.15) is 11.9 Å². The Kier molecular flexibility index (Phi) is 6.14. The predicted octanol–water partition coefficient (Wildman–Crippen LogP) is 1.55. The van der Waals surface area contributed by atoms with Crippen molar-refractivity contribution in [2.24, 2.45) is 0 Å². The van der Waals surface area contributed by atoms with Crippen molar-refractivity contribution in [3.8, 4) is 0 Å². The van der Waals surface area contributed by atoms with E-state index in [0.717, 1.165) is 17.1 Å². The molecule has 0 aliphatic carbocycles. The van der Waals surface area contributed by atoms with Gasteiger partial charge in [0.2, 0.25) is 5.91 Å². The van der Waals surface area contributed by atoms with Crippen LogP contribution in [0.2, 0.25) is 0 Å². The highest BCUT2D eigenvalue weighted by molar-refractivity contribution is 5.78. The number of carbonyl (C=O) groups is 1. The number of ether oxygens (including phenoxy) is 1. The largest absolute Gasteiger partial charge is 0.373 e. The van der Waals surface area contributed by atoms with Gasteiger partial charge in [-0.2, -0.15) is 0 Å². The zero-order valence-corrected chi connectivity index (χ0v) is 15.3. The Balaban J connectivity index is 1.57. The van der Waals surface area contributed by atoms with Crippen LogP contribution in [0.5, 0.6) is 0 Å². The van der Waals surface area contributed by atoms with Gasteiger partial charge in [-0.25, -0.2) is 4.98 Å². The van der Waals surface area contributed by atoms with E-state index in [2.05, 4.69) is 15.3 Å². The molecule has 26 heavy (non-hydrogen) atoms. The van der Waals surface area contributed by atoms with Crippen LogP contribution in [0.3, 0.4) is 0 Å². The van der Waals surface area contributed by atoms with Gasteiger partial charge in [0.15, 0.2) is 0 Å². The third kappa shape index (κ3) is 4.77. The molecule has 2 aromatic rings. The molecular formula is C19H25N5O2. The molecule has 1 aliphatic rings. The van der Waals surface area contributed by atoms with Crippen molar-refractivity contribution in [3.05, 3.63) is 54.0 Å². The molecule has 2 aromatic heterocycles. The smallest absolute Gasteiger partial charge is 0.236 e. The number of anilines is 1. The lowest BCUT2D eigenvalue weighted by molar-refractivity contribution is -0.140. The number of carbonyl (C=O) groups excluding carboxylic acids is 1. The molecule has 1 N–H and O–H groups in total. The molecule has 7 nitrogen and oxygen atoms in total. The van der Waals surface area contributed by atoms with E-state index in [0.29, 0.717) is 32.8 Å². The molecular weight excluding hydrogens is 330 g/mol. The molecule has 0 bridgehead atoms. The molecule has 1 fully saturated rings. The summed E-state index contributed by atoms with van der Waals surface area (Å²) in [5, 5.41) is 3.03. The van der Waals surface area contributed by atoms with E-state index < -0.39 is 0 Å². The Hall–Kier alpha value is -2.51. The number of nitrogens with one attached hydrogen (secondary N) is 1. The second kappa shape index (κ2) is 8.73. The van der Waals surface area contributed by atoms with Gasteiger partial charge in [-0.05, 0) is 30.8 Å². The first-order valence-corrected chi connectivity index (χ1v) is 8.77. The molecule has 1 aliphatic heterocycles. The van der Waals surface area contributed by atoms with Gasteiger partial charge in [-0.1, -0.05) is 12.1 Å². The van der Waals surface area contributed by atoms with Crippen molar-refractivity contribution in [2.45, 2.75) is 12.6 Å². The van der Waals surface area contributed by atoms with Gasteiger partial charge >= 0.3 is 0 Å². The number of likely N-dealkylation sites (N-methyl/N-ethyl adjacent to an activating group) is 1. The lowest BCUT2D eigenvalue weighted by Crippen LogP contribution is -2.46. The summed E-state index contributed by atoms with van der Waals surface area (Å²) in [5.74, 6) is 0.903. The van der Waals surface area contributed by atoms with Crippen molar-refractivity contribution in [1.29, 1.82) is 0 Å². The normalized spacial score (nSPS) is 17.3. The van der Waals surface area contributed by atoms with Crippen LogP contribution in [0.1, 0.15) is 17.4 Å². The lowest BCUT2D eigenvalue weighted by atomic mass is 10.2. The predicted molar refractivity (Wildman–Crippen MR) is 99.6 cm³/mol. The number of aromatic nitrogens is 2. The molecule has 1 atom stereocenters. The minimum atomic E-state index is -0.190. The monoisotopic (exact) mass is 355 g/mol. The summed E-state index contributed by atoms with van der Waals surface area (Å²) in [6, 6.07) is 9.71. The summed E-state index contributed by atoms with van der Waals surface area (Å²) in [6.07, 6.45) is 3.39. The molecule has 1 saturated heterocycles. The molecule has 0 radical (unpaired) electrons. The number of amides is 1. The average Bonchev–Trinajstić information content (AvgIpc) is 2.69. The van der Waals surface area contributed by atoms with Crippen molar-refractivity contribution >= 4 is 11.7 Å². The first-order chi connectivity index (χ1) is 12.7. The Bertz CT molecular complexity index is 725. The molecule has 7 heteroatoms. The summed E-state index contributed by atoms with van der Waals surface area (Å²) < 4.78 is 5.84. The van der Waals surface area contributed by atoms with Crippen LogP contribution in [0.15, 0.2) is 42.7 Å². The summed E-state index contributed by atoms with van der Waals surface area (Å²) >= 11 is 0. The van der Waals surface area contributed by atoms with Crippen molar-refractivity contribution in [2.75, 3.05) is 45.7 Å². The van der Waals surface area contributed by atoms with Crippen LogP contribution in [0.25, 0.3) is 0 Å². The van der Waals surface area contributed by atoms with E-state index in [1.807, 2.05) is 60.4 Å². The standard InChI is InChI=1S/C19H25N5O2/c1-20-18-7-3-6-16(22-18)17-13-24(9-10-26-17)19(25)14-23(2)12-15-5-4-8-21-11-15/h3-8,11,17H,9-10,12-14H2,1-2H3,(H,20,22)/t17-/m0/s1. The van der Waals surface area contributed by atoms with E-state index in [4.69, 9.17) is 4.74 Å². The second-order valence-corrected chi connectivity index (χ2v) is 6.43. The molecule has 0 spiro atoms. The Morgan fingerprint density at radius 1 is 1.38 bits per heavy atom. The Morgan fingerprint density at radius 3 is 3.04 bits per heavy atom. The molecule has 1 amide bonds. The fourth-order valence-electron chi connectivity index (χ4n) is 3.01. The third-order valence-electron chi connectivity index (χ3n) is 4.36. The van der Waals surface area contributed by atoms with Gasteiger partial charge in [0.05, 0.1) is 25.4 Å². The topological polar surface area (TPSA) is 70.6 Å². The van der Waals surface area contributed by atoms with E-state index in [1.165, 1.54) is 0 Å². The number of rotatable bonds is 6. The van der Waals surface area contributed by atoms with Gasteiger partial charge < -0.3 is 15.0 Å². The zero-order chi connectivity index (χ0) is 18.4. The van der Waals surface area contributed by atoms with Crippen LogP contribution in [0.4, 0.5) is 5.82 Å². The number of hydrogen-bond donors (Lipinski definition) is 1. The first-order valence-electron chi connectivity index (χ1n) is 8.77. The van der Waals surface area contributed by atoms with Crippen LogP contribution in [0, 0.1) is 0 Å². The maximum absolute atomic E-state index is 12.7. The maximum Gasteiger partial charge on any atom is 0.236 e. The average molecular weight is 355 g/mol. The third-order valence-corrected chi connectivity index (χ3v) is 4.36. The zero-order valence-electron chi connectivity index (χ0n) is 15.3. The van der Waals surface area contributed by atoms with Crippen molar-refractivity contribution in [1.82, 2.24) is 19.8 Å². The van der Waals surface area contributed by atoms with Crippen LogP contribution in [-0.4, -0.2) is 66.0 Å². The summed E-state index contributed by atoms with van der Waals surface area (Å²) in [4.78, 5) is 25.2. The number of morpholine rings is 1. The van der Waals surface area contributed by atoms with Crippen LogP contribution < -0.4 is 5.32 Å². The number of nitrogens with zero attached hydrogens (tertiary/aromatic N) is 4. The molecule has 3 rings (SSSR count).